The molecule has 0 aromatic carbocycles. The number of aliphatic hydroxyl groups excluding tert-OH is 1. The van der Waals surface area contributed by atoms with Crippen molar-refractivity contribution in [2.45, 2.75) is 117 Å². The molecule has 0 aliphatic carbocycles. The highest BCUT2D eigenvalue weighted by Gasteiger charge is 2.16. The Balaban J connectivity index is 3.57. The summed E-state index contributed by atoms with van der Waals surface area (Å²) in [5.74, 6) is 1.65. The van der Waals surface area contributed by atoms with Gasteiger partial charge in [0.25, 0.3) is 0 Å². The van der Waals surface area contributed by atoms with Crippen molar-refractivity contribution in [2.75, 3.05) is 0 Å². The maximum atomic E-state index is 10.9. The highest BCUT2D eigenvalue weighted by atomic mass is 16.3. The lowest BCUT2D eigenvalue weighted by molar-refractivity contribution is -0.117. The van der Waals surface area contributed by atoms with Crippen LogP contribution in [0.4, 0.5) is 0 Å². The monoisotopic (exact) mass is 326 g/mol. The van der Waals surface area contributed by atoms with E-state index < -0.39 is 0 Å². The fraction of sp³-hybridized carbons (Fsp3) is 0.952. The van der Waals surface area contributed by atoms with E-state index in [1.54, 1.807) is 6.92 Å². The molecule has 3 unspecified atom stereocenters. The molecule has 0 rings (SSSR count). The van der Waals surface area contributed by atoms with Gasteiger partial charge in [0.2, 0.25) is 0 Å². The second-order valence-corrected chi connectivity index (χ2v) is 7.70. The van der Waals surface area contributed by atoms with Crippen LogP contribution in [0.3, 0.4) is 0 Å². The molecule has 0 saturated carbocycles. The summed E-state index contributed by atoms with van der Waals surface area (Å²) in [5.41, 5.74) is 0. The molecule has 0 aromatic rings. The van der Waals surface area contributed by atoms with Gasteiger partial charge in [-0.25, -0.2) is 0 Å². The molecular formula is C21H42O2. The smallest absolute Gasteiger partial charge is 0.129 e. The van der Waals surface area contributed by atoms with E-state index in [0.29, 0.717) is 17.6 Å². The molecule has 0 aromatic heterocycles. The van der Waals surface area contributed by atoms with Crippen molar-refractivity contribution in [1.82, 2.24) is 0 Å². The minimum atomic E-state index is -0.101. The van der Waals surface area contributed by atoms with E-state index in [9.17, 15) is 9.90 Å². The average Bonchev–Trinajstić information content (AvgIpc) is 2.50. The lowest BCUT2D eigenvalue weighted by atomic mass is 9.85. The Bertz CT molecular complexity index is 275. The molecule has 0 spiro atoms. The first-order valence-electron chi connectivity index (χ1n) is 10.1. The fourth-order valence-corrected chi connectivity index (χ4v) is 3.24. The molecule has 3 atom stereocenters. The van der Waals surface area contributed by atoms with Crippen LogP contribution in [0.2, 0.25) is 0 Å². The van der Waals surface area contributed by atoms with Gasteiger partial charge in [0.05, 0.1) is 6.10 Å². The maximum Gasteiger partial charge on any atom is 0.129 e. The lowest BCUT2D eigenvalue weighted by Crippen LogP contribution is -2.17. The van der Waals surface area contributed by atoms with Gasteiger partial charge in [-0.3, -0.25) is 0 Å². The fourth-order valence-electron chi connectivity index (χ4n) is 3.24. The van der Waals surface area contributed by atoms with Gasteiger partial charge in [0.1, 0.15) is 5.78 Å². The number of hydrogen-bond acceptors (Lipinski definition) is 2. The van der Waals surface area contributed by atoms with Crippen molar-refractivity contribution in [3.05, 3.63) is 0 Å². The van der Waals surface area contributed by atoms with Crippen LogP contribution in [0.5, 0.6) is 0 Å². The first-order chi connectivity index (χ1) is 11.0. The molecule has 2 heteroatoms. The summed E-state index contributed by atoms with van der Waals surface area (Å²) in [7, 11) is 0. The van der Waals surface area contributed by atoms with Gasteiger partial charge in [-0.15, -0.1) is 0 Å². The van der Waals surface area contributed by atoms with Crippen LogP contribution < -0.4 is 0 Å². The summed E-state index contributed by atoms with van der Waals surface area (Å²) in [6, 6.07) is 0. The van der Waals surface area contributed by atoms with Crippen molar-refractivity contribution in [3.8, 4) is 0 Å². The molecule has 0 aliphatic heterocycles. The third-order valence-corrected chi connectivity index (χ3v) is 5.19. The topological polar surface area (TPSA) is 37.3 Å². The number of carbonyl (C=O) groups is 1. The Kier molecular flexibility index (Phi) is 14.9. The van der Waals surface area contributed by atoms with Gasteiger partial charge in [-0.1, -0.05) is 78.6 Å². The van der Waals surface area contributed by atoms with E-state index in [2.05, 4.69) is 20.8 Å². The van der Waals surface area contributed by atoms with Crippen LogP contribution >= 0.6 is 0 Å². The number of rotatable bonds is 16. The largest absolute Gasteiger partial charge is 0.393 e. The van der Waals surface area contributed by atoms with Crippen molar-refractivity contribution in [1.29, 1.82) is 0 Å². The Morgan fingerprint density at radius 3 is 2.04 bits per heavy atom. The van der Waals surface area contributed by atoms with Gasteiger partial charge >= 0.3 is 0 Å². The van der Waals surface area contributed by atoms with E-state index in [-0.39, 0.29) is 6.10 Å². The molecule has 1 N–H and O–H groups in total. The standard InChI is InChI=1S/C21H42O2/c1-5-6-7-13-16-21(23)17-19(3)18(2)14-11-9-8-10-12-15-20(4)22/h18-19,21,23H,5-17H2,1-4H3. The summed E-state index contributed by atoms with van der Waals surface area (Å²) >= 11 is 0. The lowest BCUT2D eigenvalue weighted by Gasteiger charge is -2.22. The second kappa shape index (κ2) is 15.2. The molecule has 0 aliphatic rings. The summed E-state index contributed by atoms with van der Waals surface area (Å²) < 4.78 is 0. The number of unbranched alkanes of at least 4 members (excludes halogenated alkanes) is 7. The van der Waals surface area contributed by atoms with Crippen LogP contribution in [0, 0.1) is 11.8 Å². The highest BCUT2D eigenvalue weighted by molar-refractivity contribution is 5.75. The maximum absolute atomic E-state index is 10.9. The quantitative estimate of drug-likeness (QED) is 0.338. The summed E-state index contributed by atoms with van der Waals surface area (Å²) in [6.45, 7) is 8.54. The van der Waals surface area contributed by atoms with Crippen molar-refractivity contribution in [2.24, 2.45) is 11.8 Å². The van der Waals surface area contributed by atoms with Gasteiger partial charge in [0, 0.05) is 6.42 Å². The molecule has 0 bridgehead atoms. The molecule has 138 valence electrons. The molecule has 0 heterocycles. The van der Waals surface area contributed by atoms with Gasteiger partial charge in [-0.05, 0) is 38.0 Å². The number of carbonyl (C=O) groups excluding carboxylic acids is 1. The van der Waals surface area contributed by atoms with E-state index in [1.165, 1.54) is 57.8 Å². The van der Waals surface area contributed by atoms with E-state index in [1.807, 2.05) is 0 Å². The summed E-state index contributed by atoms with van der Waals surface area (Å²) in [5, 5.41) is 10.2. The van der Waals surface area contributed by atoms with Crippen LogP contribution in [-0.4, -0.2) is 17.0 Å². The zero-order valence-corrected chi connectivity index (χ0v) is 16.3. The van der Waals surface area contributed by atoms with Crippen LogP contribution in [-0.2, 0) is 4.79 Å². The molecule has 23 heavy (non-hydrogen) atoms. The van der Waals surface area contributed by atoms with Gasteiger partial charge < -0.3 is 9.90 Å². The first kappa shape index (κ1) is 22.6. The predicted octanol–water partition coefficient (Wildman–Crippen LogP) is 6.30. The van der Waals surface area contributed by atoms with E-state index in [4.69, 9.17) is 0 Å². The van der Waals surface area contributed by atoms with Crippen LogP contribution in [0.15, 0.2) is 0 Å². The minimum absolute atomic E-state index is 0.101. The first-order valence-corrected chi connectivity index (χ1v) is 10.1. The molecule has 2 nitrogen and oxygen atoms in total. The molecular weight excluding hydrogens is 284 g/mol. The summed E-state index contributed by atoms with van der Waals surface area (Å²) in [4.78, 5) is 10.9. The van der Waals surface area contributed by atoms with Crippen molar-refractivity contribution in [3.63, 3.8) is 0 Å². The predicted molar refractivity (Wildman–Crippen MR) is 101 cm³/mol. The third kappa shape index (κ3) is 14.9. The molecule has 0 amide bonds. The Morgan fingerprint density at radius 1 is 0.826 bits per heavy atom. The van der Waals surface area contributed by atoms with Gasteiger partial charge in [0.15, 0.2) is 0 Å². The average molecular weight is 327 g/mol. The normalized spacial score (nSPS) is 15.3. The van der Waals surface area contributed by atoms with E-state index in [0.717, 1.165) is 25.7 Å². The van der Waals surface area contributed by atoms with Gasteiger partial charge in [-0.2, -0.15) is 0 Å². The third-order valence-electron chi connectivity index (χ3n) is 5.19. The molecule has 0 radical (unpaired) electrons. The highest BCUT2D eigenvalue weighted by Crippen LogP contribution is 2.24. The zero-order chi connectivity index (χ0) is 17.5. The van der Waals surface area contributed by atoms with Crippen molar-refractivity contribution < 1.29 is 9.90 Å². The number of aliphatic hydroxyl groups is 1. The molecule has 0 fully saturated rings. The van der Waals surface area contributed by atoms with Crippen molar-refractivity contribution >= 4 is 5.78 Å². The summed E-state index contributed by atoms with van der Waals surface area (Å²) in [6.07, 6.45) is 15.0. The van der Waals surface area contributed by atoms with Crippen LogP contribution in [0.25, 0.3) is 0 Å². The Hall–Kier alpha value is -0.370. The Labute approximate surface area is 145 Å². The number of ketones is 1. The number of Topliss-reactive ketones (excluding diaryl/α,β-unsaturated/α-hetero) is 1. The SMILES string of the molecule is CCCCCCC(O)CC(C)C(C)CCCCCCCC(C)=O. The minimum Gasteiger partial charge on any atom is -0.393 e. The molecule has 0 saturated heterocycles. The Morgan fingerprint density at radius 2 is 1.39 bits per heavy atom. The van der Waals surface area contributed by atoms with E-state index >= 15 is 0 Å². The second-order valence-electron chi connectivity index (χ2n) is 7.70. The van der Waals surface area contributed by atoms with Crippen LogP contribution in [0.1, 0.15) is 111 Å². The number of hydrogen-bond donors (Lipinski definition) is 1. The zero-order valence-electron chi connectivity index (χ0n) is 16.3.